The first-order chi connectivity index (χ1) is 13.5. The number of benzene rings is 2. The summed E-state index contributed by atoms with van der Waals surface area (Å²) in [7, 11) is 0. The maximum absolute atomic E-state index is 13.5. The van der Waals surface area contributed by atoms with E-state index in [4.69, 9.17) is 0 Å². The largest absolute Gasteiger partial charge is 0.318 e. The Bertz CT molecular complexity index is 1040. The number of hydrogen-bond donors (Lipinski definition) is 2. The van der Waals surface area contributed by atoms with Crippen LogP contribution in [0.25, 0.3) is 11.8 Å². The van der Waals surface area contributed by atoms with Crippen molar-refractivity contribution in [1.82, 2.24) is 15.4 Å². The molecule has 0 fully saturated rings. The molecule has 0 radical (unpaired) electrons. The van der Waals surface area contributed by atoms with E-state index in [0.29, 0.717) is 5.56 Å². The molecule has 0 aliphatic rings. The van der Waals surface area contributed by atoms with Gasteiger partial charge in [-0.05, 0) is 44.2 Å². The molecule has 0 saturated heterocycles. The van der Waals surface area contributed by atoms with E-state index >= 15 is 0 Å². The normalized spacial score (nSPS) is 10.8. The third-order valence-corrected chi connectivity index (χ3v) is 4.31. The average Bonchev–Trinajstić information content (AvgIpc) is 3.00. The Morgan fingerprint density at radius 3 is 2.36 bits per heavy atom. The number of hydrogen-bond acceptors (Lipinski definition) is 2. The number of para-hydroxylation sites is 1. The molecule has 2 aromatic carbocycles. The Labute approximate surface area is 162 Å². The summed E-state index contributed by atoms with van der Waals surface area (Å²) in [5.74, 6) is -1.42. The molecule has 0 atom stereocenters. The molecule has 0 bridgehead atoms. The number of amides is 2. The van der Waals surface area contributed by atoms with Crippen molar-refractivity contribution < 1.29 is 14.0 Å². The second kappa shape index (κ2) is 8.35. The first-order valence-electron chi connectivity index (χ1n) is 8.74. The molecule has 6 heteroatoms. The van der Waals surface area contributed by atoms with Crippen molar-refractivity contribution in [3.63, 3.8) is 0 Å². The van der Waals surface area contributed by atoms with Crippen LogP contribution in [0.4, 0.5) is 4.39 Å². The van der Waals surface area contributed by atoms with Crippen molar-refractivity contribution in [1.29, 1.82) is 0 Å². The van der Waals surface area contributed by atoms with Crippen molar-refractivity contribution in [2.75, 3.05) is 0 Å². The molecular weight excluding hydrogens is 357 g/mol. The number of hydrazine groups is 1. The number of nitrogens with one attached hydrogen (secondary N) is 2. The predicted octanol–water partition coefficient (Wildman–Crippen LogP) is 3.71. The van der Waals surface area contributed by atoms with Crippen LogP contribution in [0.5, 0.6) is 0 Å². The van der Waals surface area contributed by atoms with Gasteiger partial charge in [0, 0.05) is 28.7 Å². The summed E-state index contributed by atoms with van der Waals surface area (Å²) in [6, 6.07) is 17.6. The lowest BCUT2D eigenvalue weighted by molar-refractivity contribution is -0.117. The fourth-order valence-electron chi connectivity index (χ4n) is 2.97. The third-order valence-electron chi connectivity index (χ3n) is 4.31. The average molecular weight is 377 g/mol. The van der Waals surface area contributed by atoms with E-state index in [1.54, 1.807) is 24.3 Å². The zero-order chi connectivity index (χ0) is 20.1. The topological polar surface area (TPSA) is 63.1 Å². The molecule has 2 amide bonds. The molecule has 3 rings (SSSR count). The van der Waals surface area contributed by atoms with Crippen LogP contribution in [0.1, 0.15) is 27.3 Å². The Balaban J connectivity index is 1.67. The van der Waals surface area contributed by atoms with Crippen LogP contribution in [-0.2, 0) is 4.79 Å². The molecule has 142 valence electrons. The molecule has 3 aromatic rings. The fourth-order valence-corrected chi connectivity index (χ4v) is 2.97. The fraction of sp³-hybridized carbons (Fsp3) is 0.0909. The number of rotatable bonds is 4. The Morgan fingerprint density at radius 1 is 0.964 bits per heavy atom. The SMILES string of the molecule is Cc1cc(C(=O)NNC(=O)/C=C/c2ccccc2F)c(C)n1-c1ccccc1. The zero-order valence-electron chi connectivity index (χ0n) is 15.6. The number of aryl methyl sites for hydroxylation is 1. The lowest BCUT2D eigenvalue weighted by Gasteiger charge is -2.10. The monoisotopic (exact) mass is 377 g/mol. The van der Waals surface area contributed by atoms with Gasteiger partial charge in [0.1, 0.15) is 5.82 Å². The van der Waals surface area contributed by atoms with E-state index in [1.807, 2.05) is 48.7 Å². The number of carbonyl (C=O) groups is 2. The summed E-state index contributed by atoms with van der Waals surface area (Å²) in [4.78, 5) is 24.4. The van der Waals surface area contributed by atoms with E-state index < -0.39 is 17.6 Å². The van der Waals surface area contributed by atoms with Crippen molar-refractivity contribution in [2.45, 2.75) is 13.8 Å². The molecular formula is C22H20FN3O2. The smallest absolute Gasteiger partial charge is 0.271 e. The summed E-state index contributed by atoms with van der Waals surface area (Å²) >= 11 is 0. The van der Waals surface area contributed by atoms with E-state index in [1.165, 1.54) is 12.1 Å². The third kappa shape index (κ3) is 4.17. The van der Waals surface area contributed by atoms with Gasteiger partial charge in [-0.3, -0.25) is 20.4 Å². The first-order valence-corrected chi connectivity index (χ1v) is 8.74. The molecule has 1 heterocycles. The van der Waals surface area contributed by atoms with Gasteiger partial charge in [0.15, 0.2) is 0 Å². The van der Waals surface area contributed by atoms with Gasteiger partial charge in [-0.25, -0.2) is 4.39 Å². The predicted molar refractivity (Wildman–Crippen MR) is 106 cm³/mol. The summed E-state index contributed by atoms with van der Waals surface area (Å²) in [6.45, 7) is 3.75. The summed E-state index contributed by atoms with van der Waals surface area (Å²) < 4.78 is 15.5. The van der Waals surface area contributed by atoms with Crippen LogP contribution in [0.15, 0.2) is 66.7 Å². The van der Waals surface area contributed by atoms with Crippen LogP contribution in [0, 0.1) is 19.7 Å². The van der Waals surface area contributed by atoms with Crippen LogP contribution < -0.4 is 10.9 Å². The lowest BCUT2D eigenvalue weighted by Crippen LogP contribution is -2.40. The highest BCUT2D eigenvalue weighted by Crippen LogP contribution is 2.20. The maximum Gasteiger partial charge on any atom is 0.271 e. The molecule has 0 aliphatic heterocycles. The number of nitrogens with zero attached hydrogens (tertiary/aromatic N) is 1. The number of aromatic nitrogens is 1. The zero-order valence-corrected chi connectivity index (χ0v) is 15.6. The maximum atomic E-state index is 13.5. The number of carbonyl (C=O) groups excluding carboxylic acids is 2. The van der Waals surface area contributed by atoms with Crippen molar-refractivity contribution in [3.05, 3.63) is 95.1 Å². The van der Waals surface area contributed by atoms with E-state index in [2.05, 4.69) is 10.9 Å². The Hall–Kier alpha value is -3.67. The van der Waals surface area contributed by atoms with Crippen molar-refractivity contribution in [2.24, 2.45) is 0 Å². The van der Waals surface area contributed by atoms with Gasteiger partial charge in [-0.1, -0.05) is 36.4 Å². The van der Waals surface area contributed by atoms with Gasteiger partial charge in [0.2, 0.25) is 0 Å². The molecule has 0 spiro atoms. The lowest BCUT2D eigenvalue weighted by atomic mass is 10.2. The molecule has 5 nitrogen and oxygen atoms in total. The minimum absolute atomic E-state index is 0.287. The van der Waals surface area contributed by atoms with Gasteiger partial charge in [0.25, 0.3) is 11.8 Å². The van der Waals surface area contributed by atoms with Crippen LogP contribution >= 0.6 is 0 Å². The highest BCUT2D eigenvalue weighted by molar-refractivity contribution is 5.99. The summed E-state index contributed by atoms with van der Waals surface area (Å²) in [5.41, 5.74) is 8.06. The second-order valence-corrected chi connectivity index (χ2v) is 6.25. The van der Waals surface area contributed by atoms with Crippen molar-refractivity contribution in [3.8, 4) is 5.69 Å². The van der Waals surface area contributed by atoms with Crippen LogP contribution in [-0.4, -0.2) is 16.4 Å². The highest BCUT2D eigenvalue weighted by Gasteiger charge is 2.16. The van der Waals surface area contributed by atoms with Crippen LogP contribution in [0.3, 0.4) is 0 Å². The van der Waals surface area contributed by atoms with Gasteiger partial charge in [-0.15, -0.1) is 0 Å². The van der Waals surface area contributed by atoms with E-state index in [9.17, 15) is 14.0 Å². The van der Waals surface area contributed by atoms with E-state index in [0.717, 1.165) is 23.2 Å². The van der Waals surface area contributed by atoms with E-state index in [-0.39, 0.29) is 5.56 Å². The summed E-state index contributed by atoms with van der Waals surface area (Å²) in [6.07, 6.45) is 2.50. The molecule has 1 aromatic heterocycles. The van der Waals surface area contributed by atoms with Crippen molar-refractivity contribution >= 4 is 17.9 Å². The summed E-state index contributed by atoms with van der Waals surface area (Å²) in [5, 5.41) is 0. The number of halogens is 1. The molecule has 0 unspecified atom stereocenters. The van der Waals surface area contributed by atoms with Crippen LogP contribution in [0.2, 0.25) is 0 Å². The van der Waals surface area contributed by atoms with Gasteiger partial charge in [-0.2, -0.15) is 0 Å². The molecule has 0 aliphatic carbocycles. The molecule has 2 N–H and O–H groups in total. The Kier molecular flexibility index (Phi) is 5.69. The standard InChI is InChI=1S/C22H20FN3O2/c1-15-14-19(16(2)26(15)18-9-4-3-5-10-18)22(28)25-24-21(27)13-12-17-8-6-7-11-20(17)23/h3-14H,1-2H3,(H,24,27)(H,25,28)/b13-12+. The van der Waals surface area contributed by atoms with Gasteiger partial charge < -0.3 is 4.57 Å². The second-order valence-electron chi connectivity index (χ2n) is 6.25. The Morgan fingerprint density at radius 2 is 1.64 bits per heavy atom. The molecule has 28 heavy (non-hydrogen) atoms. The quantitative estimate of drug-likeness (QED) is 0.538. The van der Waals surface area contributed by atoms with Gasteiger partial charge >= 0.3 is 0 Å². The van der Waals surface area contributed by atoms with Gasteiger partial charge in [0.05, 0.1) is 5.56 Å². The minimum atomic E-state index is -0.562. The highest BCUT2D eigenvalue weighted by atomic mass is 19.1. The minimum Gasteiger partial charge on any atom is -0.318 e. The first kappa shape index (κ1) is 19.1. The molecule has 0 saturated carbocycles.